The monoisotopic (exact) mass is 535 g/mol. The number of amides is 2. The average molecular weight is 535 g/mol. The Bertz CT molecular complexity index is 973. The molecule has 0 spiro atoms. The molecule has 0 bridgehead atoms. The molecule has 12 nitrogen and oxygen atoms in total. The number of hydrogen-bond acceptors (Lipinski definition) is 7. The molecule has 13 heteroatoms. The summed E-state index contributed by atoms with van der Waals surface area (Å²) in [7, 11) is -0.405. The van der Waals surface area contributed by atoms with Crippen molar-refractivity contribution in [3.8, 4) is 0 Å². The van der Waals surface area contributed by atoms with Crippen molar-refractivity contribution >= 4 is 25.1 Å². The quantitative estimate of drug-likeness (QED) is 0.205. The Morgan fingerprint density at radius 2 is 1.82 bits per heavy atom. The fourth-order valence-corrected chi connectivity index (χ4v) is 6.00. The van der Waals surface area contributed by atoms with E-state index in [2.05, 4.69) is 15.3 Å². The number of rotatable bonds is 8. The number of carbonyl (C=O) groups is 3. The lowest BCUT2D eigenvalue weighted by molar-refractivity contribution is -0.145. The van der Waals surface area contributed by atoms with Crippen LogP contribution >= 0.6 is 0 Å². The molecule has 0 aromatic carbocycles. The molecule has 0 radical (unpaired) electrons. The lowest BCUT2D eigenvalue weighted by Gasteiger charge is -2.32. The van der Waals surface area contributed by atoms with Crippen LogP contribution in [0.1, 0.15) is 74.7 Å². The molecule has 2 amide bonds. The fraction of sp³-hybridized carbons (Fsp3) is 0.880. The molecule has 0 unspecified atom stereocenters. The molecular formula is C25H42BN5O7. The summed E-state index contributed by atoms with van der Waals surface area (Å²) in [5.74, 6) is -2.12. The van der Waals surface area contributed by atoms with Gasteiger partial charge in [0, 0.05) is 18.0 Å². The molecule has 0 aromatic rings. The molecule has 2 aliphatic heterocycles. The zero-order valence-corrected chi connectivity index (χ0v) is 23.8. The molecule has 3 rings (SSSR count). The van der Waals surface area contributed by atoms with Crippen LogP contribution < -0.4 is 5.32 Å². The molecule has 38 heavy (non-hydrogen) atoms. The maximum absolute atomic E-state index is 13.1. The normalized spacial score (nSPS) is 30.4. The van der Waals surface area contributed by atoms with Gasteiger partial charge in [0.25, 0.3) is 0 Å². The van der Waals surface area contributed by atoms with Crippen molar-refractivity contribution in [1.82, 2.24) is 10.2 Å². The first kappa shape index (κ1) is 30.1. The summed E-state index contributed by atoms with van der Waals surface area (Å²) in [5.41, 5.74) is 6.09. The second kappa shape index (κ2) is 10.6. The minimum absolute atomic E-state index is 0.129. The van der Waals surface area contributed by atoms with Crippen LogP contribution in [0.4, 0.5) is 4.79 Å². The number of carboxylic acid groups (broad SMARTS) is 1. The van der Waals surface area contributed by atoms with Gasteiger partial charge in [-0.3, -0.25) is 9.59 Å². The second-order valence-corrected chi connectivity index (χ2v) is 12.9. The van der Waals surface area contributed by atoms with Gasteiger partial charge in [-0.05, 0) is 97.8 Å². The number of azide groups is 1. The molecule has 2 N–H and O–H groups in total. The van der Waals surface area contributed by atoms with Crippen LogP contribution in [0.3, 0.4) is 0 Å². The Balaban J connectivity index is 1.69. The van der Waals surface area contributed by atoms with Gasteiger partial charge in [-0.1, -0.05) is 11.5 Å². The average Bonchev–Trinajstić information content (AvgIpc) is 3.34. The lowest BCUT2D eigenvalue weighted by atomic mass is 9.75. The van der Waals surface area contributed by atoms with Crippen LogP contribution in [-0.2, 0) is 23.6 Å². The van der Waals surface area contributed by atoms with E-state index in [0.717, 1.165) is 0 Å². The van der Waals surface area contributed by atoms with E-state index in [9.17, 15) is 25.0 Å². The Morgan fingerprint density at radius 3 is 2.34 bits per heavy atom. The topological polar surface area (TPSA) is 163 Å². The number of hydrogen-bond donors (Lipinski definition) is 2. The zero-order chi connectivity index (χ0) is 28.7. The van der Waals surface area contributed by atoms with E-state index >= 15 is 0 Å². The van der Waals surface area contributed by atoms with Crippen molar-refractivity contribution < 1.29 is 33.5 Å². The third-order valence-electron chi connectivity index (χ3n) is 8.46. The first-order chi connectivity index (χ1) is 17.4. The number of fused-ring (bicyclic) bond motifs is 1. The van der Waals surface area contributed by atoms with Gasteiger partial charge < -0.3 is 29.4 Å². The number of ether oxygens (including phenoxy) is 1. The van der Waals surface area contributed by atoms with E-state index in [4.69, 9.17) is 14.0 Å². The van der Waals surface area contributed by atoms with E-state index in [1.807, 2.05) is 27.7 Å². The summed E-state index contributed by atoms with van der Waals surface area (Å²) in [6.45, 7) is 15.4. The van der Waals surface area contributed by atoms with Gasteiger partial charge in [0.2, 0.25) is 5.91 Å². The number of carboxylic acids is 1. The summed E-state index contributed by atoms with van der Waals surface area (Å²) in [6.07, 6.45) is 1.17. The van der Waals surface area contributed by atoms with Crippen molar-refractivity contribution in [2.75, 3.05) is 13.1 Å². The summed E-state index contributed by atoms with van der Waals surface area (Å²) < 4.78 is 17.4. The van der Waals surface area contributed by atoms with Gasteiger partial charge in [0.1, 0.15) is 17.2 Å². The molecule has 212 valence electrons. The highest BCUT2D eigenvalue weighted by molar-refractivity contribution is 6.45. The number of likely N-dealkylation sites (tertiary alicyclic amines) is 1. The van der Waals surface area contributed by atoms with Gasteiger partial charge >= 0.3 is 19.2 Å². The standard InChI is InChI=1S/C25H42BN5O7/c1-15(28-21(35)36-22(2,3)4)19(32)31-13-16-12-25(20(33)34,29-30-27)18(17(16)14-31)10-9-11-26-37-23(5,6)24(7,8)38-26/h15-18H,9-14H2,1-8H3,(H,28,35)(H,33,34)/t15-,16-,17+,18-,25-/m0/s1. The lowest BCUT2D eigenvalue weighted by Crippen LogP contribution is -2.49. The minimum Gasteiger partial charge on any atom is -0.481 e. The SMILES string of the molecule is C[C@H](NC(=O)OC(C)(C)C)C(=O)N1C[C@@H]2C[C@@](N=[N+]=[N-])(C(=O)O)[C@@H](CCCB3OC(C)(C)C(C)(C)O3)[C@@H]2C1. The van der Waals surface area contributed by atoms with E-state index < -0.39 is 53.5 Å². The zero-order valence-electron chi connectivity index (χ0n) is 23.8. The number of nitrogens with zero attached hydrogens (tertiary/aromatic N) is 4. The maximum Gasteiger partial charge on any atom is 0.457 e. The molecule has 3 aliphatic rings. The summed E-state index contributed by atoms with van der Waals surface area (Å²) in [5, 5.41) is 16.6. The maximum atomic E-state index is 13.1. The van der Waals surface area contributed by atoms with Crippen LogP contribution in [0.15, 0.2) is 5.11 Å². The van der Waals surface area contributed by atoms with Crippen LogP contribution in [0.25, 0.3) is 10.4 Å². The number of carbonyl (C=O) groups excluding carboxylic acids is 2. The summed E-state index contributed by atoms with van der Waals surface area (Å²) >= 11 is 0. The number of aliphatic carboxylic acids is 1. The van der Waals surface area contributed by atoms with Gasteiger partial charge in [0.15, 0.2) is 0 Å². The van der Waals surface area contributed by atoms with E-state index in [1.165, 1.54) is 0 Å². The van der Waals surface area contributed by atoms with E-state index in [-0.39, 0.29) is 24.2 Å². The van der Waals surface area contributed by atoms with E-state index in [1.54, 1.807) is 32.6 Å². The number of alkyl carbamates (subject to hydrolysis) is 1. The molecule has 1 aliphatic carbocycles. The molecule has 1 saturated carbocycles. The Hall–Kier alpha value is -2.50. The van der Waals surface area contributed by atoms with Gasteiger partial charge in [-0.2, -0.15) is 0 Å². The van der Waals surface area contributed by atoms with Gasteiger partial charge in [0.05, 0.1) is 11.2 Å². The van der Waals surface area contributed by atoms with Crippen molar-refractivity contribution in [1.29, 1.82) is 0 Å². The first-order valence-electron chi connectivity index (χ1n) is 13.4. The van der Waals surface area contributed by atoms with Crippen molar-refractivity contribution in [3.63, 3.8) is 0 Å². The smallest absolute Gasteiger partial charge is 0.457 e. The third kappa shape index (κ3) is 6.05. The van der Waals surface area contributed by atoms with Crippen LogP contribution in [0.2, 0.25) is 6.32 Å². The third-order valence-corrected chi connectivity index (χ3v) is 8.46. The molecule has 0 aromatic heterocycles. The molecule has 5 atom stereocenters. The molecule has 2 saturated heterocycles. The van der Waals surface area contributed by atoms with Gasteiger partial charge in [-0.25, -0.2) is 4.79 Å². The van der Waals surface area contributed by atoms with Gasteiger partial charge in [-0.15, -0.1) is 0 Å². The predicted octanol–water partition coefficient (Wildman–Crippen LogP) is 4.00. The van der Waals surface area contributed by atoms with Crippen LogP contribution in [-0.4, -0.2) is 76.6 Å². The number of nitrogens with one attached hydrogen (secondary N) is 1. The Kier molecular flexibility index (Phi) is 8.37. The second-order valence-electron chi connectivity index (χ2n) is 12.9. The Morgan fingerprint density at radius 1 is 1.21 bits per heavy atom. The minimum atomic E-state index is -1.56. The molecule has 3 fully saturated rings. The predicted molar refractivity (Wildman–Crippen MR) is 140 cm³/mol. The highest BCUT2D eigenvalue weighted by atomic mass is 16.7. The van der Waals surface area contributed by atoms with Crippen molar-refractivity contribution in [2.24, 2.45) is 22.9 Å². The van der Waals surface area contributed by atoms with Crippen LogP contribution in [0, 0.1) is 17.8 Å². The summed E-state index contributed by atoms with van der Waals surface area (Å²) in [6, 6.07) is -0.799. The van der Waals surface area contributed by atoms with E-state index in [0.29, 0.717) is 32.3 Å². The molecule has 2 heterocycles. The summed E-state index contributed by atoms with van der Waals surface area (Å²) in [4.78, 5) is 42.3. The fourth-order valence-electron chi connectivity index (χ4n) is 6.00. The van der Waals surface area contributed by atoms with Crippen molar-refractivity contribution in [2.45, 2.75) is 109 Å². The largest absolute Gasteiger partial charge is 0.481 e. The van der Waals surface area contributed by atoms with Crippen LogP contribution in [0.5, 0.6) is 0 Å². The highest BCUT2D eigenvalue weighted by Gasteiger charge is 2.60. The first-order valence-corrected chi connectivity index (χ1v) is 13.4. The highest BCUT2D eigenvalue weighted by Crippen LogP contribution is 2.53. The van der Waals surface area contributed by atoms with Crippen molar-refractivity contribution in [3.05, 3.63) is 10.4 Å². The Labute approximate surface area is 224 Å². The molecular weight excluding hydrogens is 493 g/mol.